The zero-order valence-corrected chi connectivity index (χ0v) is 18.4. The van der Waals surface area contributed by atoms with Crippen molar-refractivity contribution in [3.05, 3.63) is 51.5 Å². The molecule has 9 heteroatoms. The van der Waals surface area contributed by atoms with E-state index in [0.717, 1.165) is 12.1 Å². The molecule has 2 amide bonds. The van der Waals surface area contributed by atoms with Crippen molar-refractivity contribution in [2.24, 2.45) is 5.92 Å². The highest BCUT2D eigenvalue weighted by atomic mass is 35.5. The van der Waals surface area contributed by atoms with Crippen molar-refractivity contribution in [3.8, 4) is 0 Å². The molecule has 2 heterocycles. The average Bonchev–Trinajstić information content (AvgIpc) is 2.88. The predicted octanol–water partition coefficient (Wildman–Crippen LogP) is 5.95. The molecule has 1 aliphatic heterocycles. The van der Waals surface area contributed by atoms with Gasteiger partial charge in [0.1, 0.15) is 5.82 Å². The highest BCUT2D eigenvalue weighted by Gasteiger charge is 2.32. The molecule has 1 fully saturated rings. The standard InChI is InChI=1S/C20H22Cl3FN4O/c1-12(2)18-11-27(19-15(22)9-25-10-16(19)23)6-3-7-28(18)20(29)26-13-4-5-17(24)14(21)8-13/h4-5,8-10,12,18H,3,6-7,11H2,1-2H3,(H,26,29)/t18-/m1/s1. The van der Waals surface area contributed by atoms with Crippen molar-refractivity contribution in [2.75, 3.05) is 29.9 Å². The van der Waals surface area contributed by atoms with Crippen LogP contribution in [-0.4, -0.2) is 41.6 Å². The summed E-state index contributed by atoms with van der Waals surface area (Å²) in [4.78, 5) is 20.9. The summed E-state index contributed by atoms with van der Waals surface area (Å²) in [5.41, 5.74) is 1.19. The van der Waals surface area contributed by atoms with E-state index in [4.69, 9.17) is 34.8 Å². The molecule has 0 aliphatic carbocycles. The summed E-state index contributed by atoms with van der Waals surface area (Å²) in [6.45, 7) is 6.00. The first-order chi connectivity index (χ1) is 13.8. The van der Waals surface area contributed by atoms with Crippen LogP contribution in [0.2, 0.25) is 15.1 Å². The Bertz CT molecular complexity index is 876. The van der Waals surface area contributed by atoms with Gasteiger partial charge in [-0.3, -0.25) is 4.98 Å². The number of hydrogen-bond donors (Lipinski definition) is 1. The van der Waals surface area contributed by atoms with E-state index in [9.17, 15) is 9.18 Å². The molecule has 1 aromatic heterocycles. The number of carbonyl (C=O) groups is 1. The molecule has 1 aliphatic rings. The van der Waals surface area contributed by atoms with Crippen LogP contribution in [0.3, 0.4) is 0 Å². The fourth-order valence-corrected chi connectivity index (χ4v) is 4.30. The van der Waals surface area contributed by atoms with Crippen LogP contribution in [0, 0.1) is 11.7 Å². The van der Waals surface area contributed by atoms with Gasteiger partial charge in [-0.05, 0) is 30.5 Å². The Labute approximate surface area is 184 Å². The van der Waals surface area contributed by atoms with Crippen LogP contribution < -0.4 is 10.2 Å². The molecule has 5 nitrogen and oxygen atoms in total. The number of halogens is 4. The number of urea groups is 1. The minimum absolute atomic E-state index is 0.0350. The van der Waals surface area contributed by atoms with E-state index >= 15 is 0 Å². The molecule has 1 atom stereocenters. The average molecular weight is 460 g/mol. The van der Waals surface area contributed by atoms with Crippen LogP contribution >= 0.6 is 34.8 Å². The molecule has 1 aromatic carbocycles. The van der Waals surface area contributed by atoms with Crippen LogP contribution in [0.25, 0.3) is 0 Å². The quantitative estimate of drug-likeness (QED) is 0.617. The number of hydrogen-bond acceptors (Lipinski definition) is 3. The normalized spacial score (nSPS) is 17.4. The van der Waals surface area contributed by atoms with Crippen LogP contribution in [0.4, 0.5) is 20.6 Å². The summed E-state index contributed by atoms with van der Waals surface area (Å²) in [6.07, 6.45) is 3.89. The fraction of sp³-hybridized carbons (Fsp3) is 0.400. The zero-order chi connectivity index (χ0) is 21.1. The lowest BCUT2D eigenvalue weighted by atomic mass is 10.0. The van der Waals surface area contributed by atoms with Gasteiger partial charge in [0.2, 0.25) is 0 Å². The van der Waals surface area contributed by atoms with Gasteiger partial charge in [-0.15, -0.1) is 0 Å². The second-order valence-electron chi connectivity index (χ2n) is 7.32. The van der Waals surface area contributed by atoms with Gasteiger partial charge in [-0.25, -0.2) is 9.18 Å². The van der Waals surface area contributed by atoms with Gasteiger partial charge in [0.15, 0.2) is 0 Å². The van der Waals surface area contributed by atoms with Crippen LogP contribution in [0.1, 0.15) is 20.3 Å². The third-order valence-corrected chi connectivity index (χ3v) is 5.82. The van der Waals surface area contributed by atoms with Crippen LogP contribution in [0.5, 0.6) is 0 Å². The number of benzene rings is 1. The number of nitrogens with zero attached hydrogens (tertiary/aromatic N) is 3. The van der Waals surface area contributed by atoms with Gasteiger partial charge in [-0.1, -0.05) is 48.7 Å². The number of nitrogens with one attached hydrogen (secondary N) is 1. The van der Waals surface area contributed by atoms with Gasteiger partial charge in [0, 0.05) is 37.7 Å². The Morgan fingerprint density at radius 2 is 1.86 bits per heavy atom. The maximum absolute atomic E-state index is 13.4. The molecular weight excluding hydrogens is 438 g/mol. The molecule has 1 saturated heterocycles. The lowest BCUT2D eigenvalue weighted by Crippen LogP contribution is -2.49. The van der Waals surface area contributed by atoms with Gasteiger partial charge in [0.25, 0.3) is 0 Å². The van der Waals surface area contributed by atoms with Gasteiger partial charge in [0.05, 0.1) is 26.8 Å². The summed E-state index contributed by atoms with van der Waals surface area (Å²) in [6, 6.07) is 3.80. The molecule has 3 rings (SSSR count). The van der Waals surface area contributed by atoms with Gasteiger partial charge in [-0.2, -0.15) is 0 Å². The molecule has 0 spiro atoms. The molecule has 2 aromatic rings. The largest absolute Gasteiger partial charge is 0.367 e. The highest BCUT2D eigenvalue weighted by molar-refractivity contribution is 6.38. The summed E-state index contributed by atoms with van der Waals surface area (Å²) < 4.78 is 13.4. The predicted molar refractivity (Wildman–Crippen MR) is 117 cm³/mol. The monoisotopic (exact) mass is 458 g/mol. The summed E-state index contributed by atoms with van der Waals surface area (Å²) in [5, 5.41) is 3.76. The summed E-state index contributed by atoms with van der Waals surface area (Å²) in [7, 11) is 0. The zero-order valence-electron chi connectivity index (χ0n) is 16.1. The molecule has 1 N–H and O–H groups in total. The second kappa shape index (κ2) is 9.37. The highest BCUT2D eigenvalue weighted by Crippen LogP contribution is 2.34. The van der Waals surface area contributed by atoms with Crippen molar-refractivity contribution in [2.45, 2.75) is 26.3 Å². The first-order valence-corrected chi connectivity index (χ1v) is 10.5. The van der Waals surface area contributed by atoms with E-state index in [1.54, 1.807) is 12.4 Å². The van der Waals surface area contributed by atoms with E-state index in [0.29, 0.717) is 35.4 Å². The second-order valence-corrected chi connectivity index (χ2v) is 8.54. The lowest BCUT2D eigenvalue weighted by Gasteiger charge is -2.35. The topological polar surface area (TPSA) is 48.5 Å². The molecular formula is C20H22Cl3FN4O. The van der Waals surface area contributed by atoms with Gasteiger partial charge >= 0.3 is 6.03 Å². The molecule has 0 radical (unpaired) electrons. The third kappa shape index (κ3) is 5.05. The first kappa shape index (κ1) is 21.9. The van der Waals surface area contributed by atoms with Gasteiger partial charge < -0.3 is 15.1 Å². The lowest BCUT2D eigenvalue weighted by molar-refractivity contribution is 0.175. The van der Waals surface area contributed by atoms with Crippen molar-refractivity contribution < 1.29 is 9.18 Å². The van der Waals surface area contributed by atoms with E-state index in [-0.39, 0.29) is 23.0 Å². The van der Waals surface area contributed by atoms with Crippen molar-refractivity contribution in [3.63, 3.8) is 0 Å². The third-order valence-electron chi connectivity index (χ3n) is 4.98. The minimum Gasteiger partial charge on any atom is -0.367 e. The van der Waals surface area contributed by atoms with Crippen molar-refractivity contribution in [1.29, 1.82) is 0 Å². The van der Waals surface area contributed by atoms with Crippen molar-refractivity contribution in [1.82, 2.24) is 9.88 Å². The molecule has 156 valence electrons. The van der Waals surface area contributed by atoms with E-state index in [2.05, 4.69) is 29.0 Å². The molecule has 0 saturated carbocycles. The van der Waals surface area contributed by atoms with Crippen LogP contribution in [-0.2, 0) is 0 Å². The molecule has 0 unspecified atom stereocenters. The number of aromatic nitrogens is 1. The van der Waals surface area contributed by atoms with E-state index in [1.165, 1.54) is 18.2 Å². The maximum atomic E-state index is 13.4. The number of rotatable bonds is 3. The number of anilines is 2. The molecule has 0 bridgehead atoms. The first-order valence-electron chi connectivity index (χ1n) is 9.34. The molecule has 29 heavy (non-hydrogen) atoms. The Morgan fingerprint density at radius 1 is 1.17 bits per heavy atom. The summed E-state index contributed by atoms with van der Waals surface area (Å²) >= 11 is 18.5. The Balaban J connectivity index is 1.82. The smallest absolute Gasteiger partial charge is 0.322 e. The Morgan fingerprint density at radius 3 is 2.48 bits per heavy atom. The maximum Gasteiger partial charge on any atom is 0.322 e. The Hall–Kier alpha value is -1.76. The van der Waals surface area contributed by atoms with Crippen LogP contribution in [0.15, 0.2) is 30.6 Å². The van der Waals surface area contributed by atoms with E-state index < -0.39 is 5.82 Å². The SMILES string of the molecule is CC(C)[C@H]1CN(c2c(Cl)cncc2Cl)CCCN1C(=O)Nc1ccc(F)c(Cl)c1. The number of pyridine rings is 1. The van der Waals surface area contributed by atoms with Crippen molar-refractivity contribution >= 4 is 52.2 Å². The van der Waals surface area contributed by atoms with E-state index in [1.807, 2.05) is 4.90 Å². The number of carbonyl (C=O) groups excluding carboxylic acids is 1. The Kier molecular flexibility index (Phi) is 7.09. The minimum atomic E-state index is -0.527. The number of amides is 2. The fourth-order valence-electron chi connectivity index (χ4n) is 3.52. The summed E-state index contributed by atoms with van der Waals surface area (Å²) in [5.74, 6) is -0.334.